The summed E-state index contributed by atoms with van der Waals surface area (Å²) < 4.78 is 26.7. The van der Waals surface area contributed by atoms with Gasteiger partial charge in [0.1, 0.15) is 15.6 Å². The van der Waals surface area contributed by atoms with Crippen LogP contribution in [0.2, 0.25) is 0 Å². The van der Waals surface area contributed by atoms with Crippen LogP contribution in [0.15, 0.2) is 34.7 Å². The average Bonchev–Trinajstić information content (AvgIpc) is 2.73. The second-order valence-electron chi connectivity index (χ2n) is 3.70. The van der Waals surface area contributed by atoms with Crippen LogP contribution >= 0.6 is 11.3 Å². The van der Waals surface area contributed by atoms with E-state index < -0.39 is 16.0 Å². The van der Waals surface area contributed by atoms with Crippen LogP contribution in [-0.2, 0) is 10.0 Å². The van der Waals surface area contributed by atoms with E-state index in [1.165, 1.54) is 17.6 Å². The Morgan fingerprint density at radius 3 is 2.74 bits per heavy atom. The van der Waals surface area contributed by atoms with Crippen LogP contribution in [0, 0.1) is 6.92 Å². The van der Waals surface area contributed by atoms with E-state index in [0.29, 0.717) is 5.56 Å². The Morgan fingerprint density at radius 1 is 1.42 bits per heavy atom. The molecule has 6 nitrogen and oxygen atoms in total. The van der Waals surface area contributed by atoms with Crippen molar-refractivity contribution < 1.29 is 18.3 Å². The van der Waals surface area contributed by atoms with Gasteiger partial charge in [0.2, 0.25) is 0 Å². The summed E-state index contributed by atoms with van der Waals surface area (Å²) in [6.07, 6.45) is 1.44. The van der Waals surface area contributed by atoms with Gasteiger partial charge in [-0.15, -0.1) is 11.3 Å². The van der Waals surface area contributed by atoms with Gasteiger partial charge in [0, 0.05) is 6.20 Å². The highest BCUT2D eigenvalue weighted by Gasteiger charge is 2.27. The average molecular weight is 298 g/mol. The summed E-state index contributed by atoms with van der Waals surface area (Å²) in [4.78, 5) is 14.5. The fraction of sp³-hybridized carbons (Fsp3) is 0.0909. The fourth-order valence-electron chi connectivity index (χ4n) is 1.53. The molecule has 0 spiro atoms. The maximum Gasteiger partial charge on any atom is 0.347 e. The summed E-state index contributed by atoms with van der Waals surface area (Å²) in [5, 5.41) is 10.5. The number of aryl methyl sites for hydroxylation is 1. The van der Waals surface area contributed by atoms with E-state index in [9.17, 15) is 13.2 Å². The fourth-order valence-corrected chi connectivity index (χ4v) is 4.17. The number of aromatic carboxylic acids is 1. The molecule has 2 aromatic heterocycles. The second kappa shape index (κ2) is 4.98. The summed E-state index contributed by atoms with van der Waals surface area (Å²) in [6.45, 7) is 1.55. The molecule has 0 amide bonds. The van der Waals surface area contributed by atoms with Gasteiger partial charge in [-0.1, -0.05) is 6.07 Å². The Bertz CT molecular complexity index is 708. The number of nitrogens with zero attached hydrogens (tertiary/aromatic N) is 1. The molecule has 0 atom stereocenters. The SMILES string of the molecule is Cc1csc(C(=O)O)c1S(=O)(=O)Nc1ccccn1. The number of carboxylic acids is 1. The smallest absolute Gasteiger partial charge is 0.347 e. The number of hydrogen-bond donors (Lipinski definition) is 2. The van der Waals surface area contributed by atoms with E-state index in [1.807, 2.05) is 0 Å². The largest absolute Gasteiger partial charge is 0.477 e. The maximum atomic E-state index is 12.2. The molecule has 0 aliphatic carbocycles. The zero-order valence-electron chi connectivity index (χ0n) is 9.82. The molecule has 2 N–H and O–H groups in total. The number of aromatic nitrogens is 1. The minimum absolute atomic E-state index is 0.143. The van der Waals surface area contributed by atoms with Gasteiger partial charge in [0.15, 0.2) is 0 Å². The van der Waals surface area contributed by atoms with Crippen LogP contribution < -0.4 is 4.72 Å². The third-order valence-electron chi connectivity index (χ3n) is 2.28. The molecule has 0 aromatic carbocycles. The number of thiophene rings is 1. The summed E-state index contributed by atoms with van der Waals surface area (Å²) in [7, 11) is -3.96. The highest BCUT2D eigenvalue weighted by molar-refractivity contribution is 7.93. The Kier molecular flexibility index (Phi) is 3.54. The molecule has 0 bridgehead atoms. The number of pyridine rings is 1. The van der Waals surface area contributed by atoms with E-state index in [1.54, 1.807) is 19.1 Å². The maximum absolute atomic E-state index is 12.2. The molecular formula is C11H10N2O4S2. The summed E-state index contributed by atoms with van der Waals surface area (Å²) >= 11 is 0.883. The van der Waals surface area contributed by atoms with Crippen LogP contribution in [0.4, 0.5) is 5.82 Å². The number of carboxylic acid groups (broad SMARTS) is 1. The standard InChI is InChI=1S/C11H10N2O4S2/c1-7-6-18-9(11(14)15)10(7)19(16,17)13-8-4-2-3-5-12-8/h2-6H,1H3,(H,12,13)(H,14,15). The monoisotopic (exact) mass is 298 g/mol. The predicted octanol–water partition coefficient (Wildman–Crippen LogP) is 1.95. The lowest BCUT2D eigenvalue weighted by Crippen LogP contribution is -2.16. The lowest BCUT2D eigenvalue weighted by Gasteiger charge is -2.07. The normalized spacial score (nSPS) is 11.2. The van der Waals surface area contributed by atoms with Gasteiger partial charge in [0.25, 0.3) is 10.0 Å². The van der Waals surface area contributed by atoms with Crippen molar-refractivity contribution in [2.45, 2.75) is 11.8 Å². The van der Waals surface area contributed by atoms with Crippen molar-refractivity contribution >= 4 is 33.1 Å². The van der Waals surface area contributed by atoms with Crippen LogP contribution in [-0.4, -0.2) is 24.5 Å². The molecule has 0 radical (unpaired) electrons. The zero-order chi connectivity index (χ0) is 14.0. The number of rotatable bonds is 4. The van der Waals surface area contributed by atoms with Gasteiger partial charge in [-0.05, 0) is 30.0 Å². The summed E-state index contributed by atoms with van der Waals surface area (Å²) in [6, 6.07) is 4.76. The van der Waals surface area contributed by atoms with E-state index >= 15 is 0 Å². The summed E-state index contributed by atoms with van der Waals surface area (Å²) in [5.74, 6) is -1.12. The topological polar surface area (TPSA) is 96.4 Å². The molecule has 8 heteroatoms. The van der Waals surface area contributed by atoms with E-state index in [2.05, 4.69) is 9.71 Å². The first-order valence-corrected chi connectivity index (χ1v) is 7.53. The van der Waals surface area contributed by atoms with Gasteiger partial charge in [0.05, 0.1) is 0 Å². The number of sulfonamides is 1. The lowest BCUT2D eigenvalue weighted by atomic mass is 10.3. The molecular weight excluding hydrogens is 288 g/mol. The Labute approximate surface area is 113 Å². The van der Waals surface area contributed by atoms with Crippen molar-refractivity contribution in [3.05, 3.63) is 40.2 Å². The third-order valence-corrected chi connectivity index (χ3v) is 5.04. The number of hydrogen-bond acceptors (Lipinski definition) is 5. The molecule has 0 saturated carbocycles. The molecule has 2 heterocycles. The molecule has 0 aliphatic rings. The van der Waals surface area contributed by atoms with Gasteiger partial charge >= 0.3 is 5.97 Å². The van der Waals surface area contributed by atoms with Crippen molar-refractivity contribution in [1.29, 1.82) is 0 Å². The van der Waals surface area contributed by atoms with Crippen molar-refractivity contribution in [2.75, 3.05) is 4.72 Å². The minimum Gasteiger partial charge on any atom is -0.477 e. The van der Waals surface area contributed by atoms with Crippen LogP contribution in [0.5, 0.6) is 0 Å². The number of carbonyl (C=O) groups is 1. The van der Waals surface area contributed by atoms with Crippen molar-refractivity contribution in [1.82, 2.24) is 4.98 Å². The first-order chi connectivity index (χ1) is 8.92. The van der Waals surface area contributed by atoms with Crippen LogP contribution in [0.3, 0.4) is 0 Å². The van der Waals surface area contributed by atoms with Gasteiger partial charge in [-0.3, -0.25) is 4.72 Å². The van der Waals surface area contributed by atoms with Crippen LogP contribution in [0.1, 0.15) is 15.2 Å². The number of anilines is 1. The van der Waals surface area contributed by atoms with E-state index in [0.717, 1.165) is 11.3 Å². The molecule has 2 rings (SSSR count). The highest BCUT2D eigenvalue weighted by atomic mass is 32.2. The predicted molar refractivity (Wildman–Crippen MR) is 71.1 cm³/mol. The molecule has 19 heavy (non-hydrogen) atoms. The molecule has 100 valence electrons. The zero-order valence-corrected chi connectivity index (χ0v) is 11.5. The van der Waals surface area contributed by atoms with E-state index in [4.69, 9.17) is 5.11 Å². The highest BCUT2D eigenvalue weighted by Crippen LogP contribution is 2.28. The van der Waals surface area contributed by atoms with Crippen molar-refractivity contribution in [2.24, 2.45) is 0 Å². The Balaban J connectivity index is 2.46. The van der Waals surface area contributed by atoms with E-state index in [-0.39, 0.29) is 15.6 Å². The molecule has 0 unspecified atom stereocenters. The molecule has 0 saturated heterocycles. The quantitative estimate of drug-likeness (QED) is 0.899. The third kappa shape index (κ3) is 2.74. The number of nitrogens with one attached hydrogen (secondary N) is 1. The Hall–Kier alpha value is -1.93. The van der Waals surface area contributed by atoms with Crippen molar-refractivity contribution in [3.63, 3.8) is 0 Å². The minimum atomic E-state index is -3.96. The lowest BCUT2D eigenvalue weighted by molar-refractivity contribution is 0.0698. The molecule has 0 fully saturated rings. The first-order valence-electron chi connectivity index (χ1n) is 5.17. The van der Waals surface area contributed by atoms with Gasteiger partial charge in [-0.2, -0.15) is 0 Å². The van der Waals surface area contributed by atoms with Gasteiger partial charge in [-0.25, -0.2) is 18.2 Å². The summed E-state index contributed by atoms with van der Waals surface area (Å²) in [5.41, 5.74) is 0.394. The van der Waals surface area contributed by atoms with Crippen LogP contribution in [0.25, 0.3) is 0 Å². The Morgan fingerprint density at radius 2 is 2.16 bits per heavy atom. The van der Waals surface area contributed by atoms with Gasteiger partial charge < -0.3 is 5.11 Å². The van der Waals surface area contributed by atoms with Crippen molar-refractivity contribution in [3.8, 4) is 0 Å². The molecule has 2 aromatic rings. The second-order valence-corrected chi connectivity index (χ2v) is 6.20. The molecule has 0 aliphatic heterocycles. The first kappa shape index (κ1) is 13.5.